The second-order valence-corrected chi connectivity index (χ2v) is 5.98. The second kappa shape index (κ2) is 6.70. The largest absolute Gasteiger partial charge is 0.365 e. The minimum absolute atomic E-state index is 0.0461. The first kappa shape index (κ1) is 16.4. The van der Waals surface area contributed by atoms with E-state index < -0.39 is 5.91 Å². The molecule has 1 aromatic heterocycles. The lowest BCUT2D eigenvalue weighted by Crippen LogP contribution is -2.40. The zero-order valence-corrected chi connectivity index (χ0v) is 12.9. The van der Waals surface area contributed by atoms with Crippen molar-refractivity contribution in [3.05, 3.63) is 23.4 Å². The average molecular weight is 278 g/mol. The average Bonchev–Trinajstić information content (AvgIpc) is 2.37. The van der Waals surface area contributed by atoms with Crippen LogP contribution >= 0.6 is 0 Å². The summed E-state index contributed by atoms with van der Waals surface area (Å²) in [6, 6.07) is 1.81. The fourth-order valence-corrected chi connectivity index (χ4v) is 2.20. The second-order valence-electron chi connectivity index (χ2n) is 5.98. The van der Waals surface area contributed by atoms with Crippen LogP contribution in [0.3, 0.4) is 0 Å². The molecule has 0 aliphatic carbocycles. The van der Waals surface area contributed by atoms with Crippen LogP contribution < -0.4 is 16.4 Å². The van der Waals surface area contributed by atoms with Crippen LogP contribution in [0.25, 0.3) is 0 Å². The number of anilines is 1. The van der Waals surface area contributed by atoms with E-state index in [0.29, 0.717) is 17.9 Å². The number of amides is 1. The number of hydrogen-bond donors (Lipinski definition) is 2. The lowest BCUT2D eigenvalue weighted by atomic mass is 9.92. The van der Waals surface area contributed by atoms with Crippen LogP contribution in [0, 0.1) is 12.3 Å². The van der Waals surface area contributed by atoms with Gasteiger partial charge in [0.15, 0.2) is 0 Å². The van der Waals surface area contributed by atoms with Gasteiger partial charge in [-0.3, -0.25) is 4.79 Å². The van der Waals surface area contributed by atoms with E-state index in [9.17, 15) is 4.79 Å². The standard InChI is InChI=1S/C15H26N4O/c1-5-8-19(10-15(3,4)9-16)14-12(13(17)20)11(2)6-7-18-14/h6-7H,5,8-10,16H2,1-4H3,(H2,17,20). The van der Waals surface area contributed by atoms with Gasteiger partial charge in [-0.25, -0.2) is 4.98 Å². The third-order valence-electron chi connectivity index (χ3n) is 3.35. The van der Waals surface area contributed by atoms with Crippen LogP contribution in [0.4, 0.5) is 5.82 Å². The SMILES string of the molecule is CCCN(CC(C)(C)CN)c1nccc(C)c1C(N)=O. The van der Waals surface area contributed by atoms with Crippen molar-refractivity contribution in [3.8, 4) is 0 Å². The van der Waals surface area contributed by atoms with Crippen LogP contribution in [-0.2, 0) is 0 Å². The molecule has 4 N–H and O–H groups in total. The van der Waals surface area contributed by atoms with Crippen molar-refractivity contribution in [1.29, 1.82) is 0 Å². The first-order valence-electron chi connectivity index (χ1n) is 7.03. The molecular formula is C15H26N4O. The Bertz CT molecular complexity index is 471. The summed E-state index contributed by atoms with van der Waals surface area (Å²) in [5, 5.41) is 0. The fraction of sp³-hybridized carbons (Fsp3) is 0.600. The van der Waals surface area contributed by atoms with Crippen molar-refractivity contribution < 1.29 is 4.79 Å². The number of rotatable bonds is 7. The van der Waals surface area contributed by atoms with Gasteiger partial charge in [0.1, 0.15) is 5.82 Å². The molecule has 1 heterocycles. The van der Waals surface area contributed by atoms with Gasteiger partial charge in [0.05, 0.1) is 5.56 Å². The van der Waals surface area contributed by atoms with E-state index >= 15 is 0 Å². The van der Waals surface area contributed by atoms with Crippen molar-refractivity contribution >= 4 is 11.7 Å². The quantitative estimate of drug-likeness (QED) is 0.794. The summed E-state index contributed by atoms with van der Waals surface area (Å²) in [6.45, 7) is 10.3. The van der Waals surface area contributed by atoms with Crippen LogP contribution in [0.2, 0.25) is 0 Å². The molecule has 0 unspecified atom stereocenters. The van der Waals surface area contributed by atoms with E-state index in [-0.39, 0.29) is 5.41 Å². The summed E-state index contributed by atoms with van der Waals surface area (Å²) in [4.78, 5) is 18.2. The molecule has 0 spiro atoms. The van der Waals surface area contributed by atoms with E-state index in [1.54, 1.807) is 6.20 Å². The molecule has 0 radical (unpaired) electrons. The predicted molar refractivity (Wildman–Crippen MR) is 82.8 cm³/mol. The maximum absolute atomic E-state index is 11.7. The number of carbonyl (C=O) groups excluding carboxylic acids is 1. The van der Waals surface area contributed by atoms with Crippen LogP contribution in [0.1, 0.15) is 43.1 Å². The van der Waals surface area contributed by atoms with Crippen molar-refractivity contribution in [2.45, 2.75) is 34.1 Å². The summed E-state index contributed by atoms with van der Waals surface area (Å²) in [5.74, 6) is 0.234. The summed E-state index contributed by atoms with van der Waals surface area (Å²) in [6.07, 6.45) is 2.68. The first-order valence-corrected chi connectivity index (χ1v) is 7.03. The normalized spacial score (nSPS) is 11.4. The Morgan fingerprint density at radius 1 is 1.45 bits per heavy atom. The van der Waals surface area contributed by atoms with Gasteiger partial charge in [-0.05, 0) is 36.9 Å². The number of nitrogens with two attached hydrogens (primary N) is 2. The van der Waals surface area contributed by atoms with E-state index in [2.05, 4.69) is 30.7 Å². The zero-order valence-electron chi connectivity index (χ0n) is 12.9. The number of aryl methyl sites for hydroxylation is 1. The van der Waals surface area contributed by atoms with Crippen molar-refractivity contribution in [1.82, 2.24) is 4.98 Å². The molecule has 112 valence electrons. The minimum atomic E-state index is -0.433. The Morgan fingerprint density at radius 3 is 2.60 bits per heavy atom. The molecule has 0 bridgehead atoms. The minimum Gasteiger partial charge on any atom is -0.365 e. The Morgan fingerprint density at radius 2 is 2.10 bits per heavy atom. The maximum atomic E-state index is 11.7. The lowest BCUT2D eigenvalue weighted by Gasteiger charge is -2.33. The summed E-state index contributed by atoms with van der Waals surface area (Å²) < 4.78 is 0. The monoisotopic (exact) mass is 278 g/mol. The van der Waals surface area contributed by atoms with Gasteiger partial charge in [-0.2, -0.15) is 0 Å². The summed E-state index contributed by atoms with van der Waals surface area (Å²) in [5.41, 5.74) is 12.7. The van der Waals surface area contributed by atoms with Crippen molar-refractivity contribution in [3.63, 3.8) is 0 Å². The highest BCUT2D eigenvalue weighted by molar-refractivity contribution is 5.99. The van der Waals surface area contributed by atoms with Crippen molar-refractivity contribution in [2.75, 3.05) is 24.5 Å². The number of hydrogen-bond acceptors (Lipinski definition) is 4. The third-order valence-corrected chi connectivity index (χ3v) is 3.35. The molecule has 5 nitrogen and oxygen atoms in total. The highest BCUT2D eigenvalue weighted by Crippen LogP contribution is 2.25. The highest BCUT2D eigenvalue weighted by Gasteiger charge is 2.24. The molecule has 0 aliphatic rings. The van der Waals surface area contributed by atoms with Gasteiger partial charge in [0.2, 0.25) is 0 Å². The Kier molecular flexibility index (Phi) is 5.51. The number of carbonyl (C=O) groups is 1. The number of pyridine rings is 1. The van der Waals surface area contributed by atoms with Crippen LogP contribution in [0.15, 0.2) is 12.3 Å². The third kappa shape index (κ3) is 3.93. The lowest BCUT2D eigenvalue weighted by molar-refractivity contribution is 0.0999. The van der Waals surface area contributed by atoms with Gasteiger partial charge >= 0.3 is 0 Å². The topological polar surface area (TPSA) is 85.2 Å². The van der Waals surface area contributed by atoms with Gasteiger partial charge < -0.3 is 16.4 Å². The van der Waals surface area contributed by atoms with E-state index in [4.69, 9.17) is 11.5 Å². The molecule has 0 atom stereocenters. The van der Waals surface area contributed by atoms with Gasteiger partial charge in [-0.15, -0.1) is 0 Å². The Labute approximate surface area is 121 Å². The molecular weight excluding hydrogens is 252 g/mol. The molecule has 0 fully saturated rings. The maximum Gasteiger partial charge on any atom is 0.252 e. The van der Waals surface area contributed by atoms with E-state index in [1.165, 1.54) is 0 Å². The molecule has 5 heteroatoms. The van der Waals surface area contributed by atoms with Crippen molar-refractivity contribution in [2.24, 2.45) is 16.9 Å². The Hall–Kier alpha value is -1.62. The molecule has 0 saturated heterocycles. The number of primary amides is 1. The molecule has 0 aliphatic heterocycles. The summed E-state index contributed by atoms with van der Waals surface area (Å²) >= 11 is 0. The van der Waals surface area contributed by atoms with Crippen LogP contribution in [-0.4, -0.2) is 30.5 Å². The molecule has 1 amide bonds. The number of nitrogens with zero attached hydrogens (tertiary/aromatic N) is 2. The predicted octanol–water partition coefficient (Wildman–Crippen LogP) is 1.69. The molecule has 1 aromatic rings. The van der Waals surface area contributed by atoms with E-state index in [1.807, 2.05) is 13.0 Å². The van der Waals surface area contributed by atoms with Gasteiger partial charge in [-0.1, -0.05) is 20.8 Å². The summed E-state index contributed by atoms with van der Waals surface area (Å²) in [7, 11) is 0. The highest BCUT2D eigenvalue weighted by atomic mass is 16.1. The molecule has 0 aromatic carbocycles. The smallest absolute Gasteiger partial charge is 0.252 e. The first-order chi connectivity index (χ1) is 9.32. The van der Waals surface area contributed by atoms with E-state index in [0.717, 1.165) is 25.1 Å². The molecule has 1 rings (SSSR count). The fourth-order valence-electron chi connectivity index (χ4n) is 2.20. The molecule has 0 saturated carbocycles. The van der Waals surface area contributed by atoms with Gasteiger partial charge in [0, 0.05) is 19.3 Å². The van der Waals surface area contributed by atoms with Crippen LogP contribution in [0.5, 0.6) is 0 Å². The number of aromatic nitrogens is 1. The Balaban J connectivity index is 3.21. The van der Waals surface area contributed by atoms with Gasteiger partial charge in [0.25, 0.3) is 5.91 Å². The zero-order chi connectivity index (χ0) is 15.3. The molecule has 20 heavy (non-hydrogen) atoms.